The van der Waals surface area contributed by atoms with Gasteiger partial charge in [-0.05, 0) is 98.4 Å². The molecular formula is C24H34P2. The van der Waals surface area contributed by atoms with E-state index in [-0.39, 0.29) is 0 Å². The van der Waals surface area contributed by atoms with Gasteiger partial charge in [-0.3, -0.25) is 0 Å². The van der Waals surface area contributed by atoms with Crippen LogP contribution in [0.3, 0.4) is 0 Å². The second-order valence-corrected chi connectivity index (χ2v) is 12.2. The minimum absolute atomic E-state index is 0.497. The first kappa shape index (κ1) is 20.0. The van der Waals surface area contributed by atoms with Crippen LogP contribution in [0, 0.1) is 41.5 Å². The van der Waals surface area contributed by atoms with Crippen molar-refractivity contribution in [1.29, 1.82) is 0 Å². The summed E-state index contributed by atoms with van der Waals surface area (Å²) in [6.07, 6.45) is 7.06. The molecule has 0 spiro atoms. The topological polar surface area (TPSA) is 0 Å². The SMILES string of the molecule is Cc1ccc(PC2(Pc3ccc(C)c(C)c3C)CCCCC2)c(C)c1C. The Labute approximate surface area is 164 Å². The van der Waals surface area contributed by atoms with Crippen molar-refractivity contribution in [1.82, 2.24) is 0 Å². The van der Waals surface area contributed by atoms with Crippen molar-refractivity contribution in [2.45, 2.75) is 78.5 Å². The van der Waals surface area contributed by atoms with Crippen LogP contribution in [0.1, 0.15) is 65.5 Å². The van der Waals surface area contributed by atoms with Gasteiger partial charge in [-0.1, -0.05) is 60.7 Å². The number of hydrogen-bond donors (Lipinski definition) is 0. The van der Waals surface area contributed by atoms with Crippen molar-refractivity contribution in [3.63, 3.8) is 0 Å². The van der Waals surface area contributed by atoms with Crippen LogP contribution in [0.15, 0.2) is 24.3 Å². The van der Waals surface area contributed by atoms with Crippen LogP contribution < -0.4 is 10.6 Å². The first-order chi connectivity index (χ1) is 12.3. The third-order valence-corrected chi connectivity index (χ3v) is 10.9. The van der Waals surface area contributed by atoms with Gasteiger partial charge >= 0.3 is 0 Å². The van der Waals surface area contributed by atoms with E-state index < -0.39 is 0 Å². The van der Waals surface area contributed by atoms with Crippen LogP contribution in [-0.2, 0) is 0 Å². The van der Waals surface area contributed by atoms with Gasteiger partial charge in [-0.25, -0.2) is 0 Å². The van der Waals surface area contributed by atoms with E-state index in [1.807, 2.05) is 0 Å². The smallest absolute Gasteiger partial charge is 0.0132 e. The highest BCUT2D eigenvalue weighted by Gasteiger charge is 2.33. The van der Waals surface area contributed by atoms with Gasteiger partial charge in [0.1, 0.15) is 0 Å². The monoisotopic (exact) mass is 384 g/mol. The molecule has 0 aliphatic heterocycles. The molecule has 0 nitrogen and oxygen atoms in total. The lowest BCUT2D eigenvalue weighted by molar-refractivity contribution is 0.487. The number of benzene rings is 2. The molecule has 2 heteroatoms. The molecule has 0 saturated heterocycles. The zero-order valence-corrected chi connectivity index (χ0v) is 19.3. The van der Waals surface area contributed by atoms with Crippen LogP contribution in [0.4, 0.5) is 0 Å². The molecule has 1 fully saturated rings. The van der Waals surface area contributed by atoms with E-state index in [9.17, 15) is 0 Å². The van der Waals surface area contributed by atoms with Crippen molar-refractivity contribution in [3.8, 4) is 0 Å². The molecule has 0 bridgehead atoms. The zero-order chi connectivity index (χ0) is 18.9. The van der Waals surface area contributed by atoms with Crippen LogP contribution in [0.25, 0.3) is 0 Å². The van der Waals surface area contributed by atoms with Gasteiger partial charge in [0, 0.05) is 4.90 Å². The van der Waals surface area contributed by atoms with E-state index in [0.717, 1.165) is 17.2 Å². The summed E-state index contributed by atoms with van der Waals surface area (Å²) in [5, 5.41) is 3.23. The molecular weight excluding hydrogens is 350 g/mol. The van der Waals surface area contributed by atoms with Crippen LogP contribution in [0.2, 0.25) is 0 Å². The van der Waals surface area contributed by atoms with Gasteiger partial charge in [0.25, 0.3) is 0 Å². The maximum atomic E-state index is 2.42. The Kier molecular flexibility index (Phi) is 6.26. The molecule has 2 aromatic carbocycles. The lowest BCUT2D eigenvalue weighted by Crippen LogP contribution is -2.27. The van der Waals surface area contributed by atoms with E-state index in [1.165, 1.54) is 65.5 Å². The molecule has 0 aromatic heterocycles. The highest BCUT2D eigenvalue weighted by molar-refractivity contribution is 7.67. The Bertz CT molecular complexity index is 737. The van der Waals surface area contributed by atoms with Gasteiger partial charge in [-0.2, -0.15) is 0 Å². The molecule has 0 amide bonds. The van der Waals surface area contributed by atoms with Crippen LogP contribution in [-0.4, -0.2) is 4.90 Å². The largest absolute Gasteiger partial charge is 0.0792 e. The summed E-state index contributed by atoms with van der Waals surface area (Å²) in [6, 6.07) is 9.52. The fourth-order valence-corrected chi connectivity index (χ4v) is 8.51. The number of aryl methyl sites for hydroxylation is 2. The molecule has 140 valence electrons. The van der Waals surface area contributed by atoms with E-state index in [1.54, 1.807) is 10.6 Å². The van der Waals surface area contributed by atoms with Gasteiger partial charge in [0.05, 0.1) is 0 Å². The summed E-state index contributed by atoms with van der Waals surface area (Å²) in [7, 11) is 1.89. The molecule has 0 N–H and O–H groups in total. The quantitative estimate of drug-likeness (QED) is 0.528. The van der Waals surface area contributed by atoms with Crippen LogP contribution in [0.5, 0.6) is 0 Å². The minimum atomic E-state index is 0.497. The minimum Gasteiger partial charge on any atom is -0.0792 e. The first-order valence-corrected chi connectivity index (χ1v) is 12.0. The average molecular weight is 384 g/mol. The lowest BCUT2D eigenvalue weighted by Gasteiger charge is -2.39. The molecule has 1 aliphatic rings. The lowest BCUT2D eigenvalue weighted by atomic mass is 9.99. The molecule has 2 aromatic rings. The van der Waals surface area contributed by atoms with Crippen molar-refractivity contribution >= 4 is 27.8 Å². The van der Waals surface area contributed by atoms with E-state index in [0.29, 0.717) is 4.90 Å². The highest BCUT2D eigenvalue weighted by Crippen LogP contribution is 2.55. The van der Waals surface area contributed by atoms with Gasteiger partial charge < -0.3 is 0 Å². The second-order valence-electron chi connectivity index (χ2n) is 8.25. The standard InChI is InChI=1S/C24H34P2/c1-16-10-12-22(20(5)18(16)3)25-24(14-8-7-9-15-24)26-23-13-11-17(2)19(4)21(23)6/h10-13,25-26H,7-9,14-15H2,1-6H3. The van der Waals surface area contributed by atoms with Gasteiger partial charge in [-0.15, -0.1) is 0 Å². The summed E-state index contributed by atoms with van der Waals surface area (Å²) in [4.78, 5) is 0.497. The third kappa shape index (κ3) is 4.08. The van der Waals surface area contributed by atoms with Crippen molar-refractivity contribution in [2.75, 3.05) is 0 Å². The zero-order valence-electron chi connectivity index (χ0n) is 17.3. The van der Waals surface area contributed by atoms with E-state index in [2.05, 4.69) is 65.8 Å². The predicted octanol–water partition coefficient (Wildman–Crippen LogP) is 6.51. The Morgan fingerprint density at radius 2 is 1.00 bits per heavy atom. The fourth-order valence-electron chi connectivity index (χ4n) is 4.14. The molecule has 3 rings (SSSR count). The normalized spacial score (nSPS) is 17.6. The second kappa shape index (κ2) is 8.12. The van der Waals surface area contributed by atoms with Crippen molar-refractivity contribution in [3.05, 3.63) is 57.6 Å². The van der Waals surface area contributed by atoms with E-state index >= 15 is 0 Å². The average Bonchev–Trinajstić information content (AvgIpc) is 2.64. The summed E-state index contributed by atoms with van der Waals surface area (Å²) in [5.41, 5.74) is 8.92. The maximum Gasteiger partial charge on any atom is 0.0132 e. The van der Waals surface area contributed by atoms with Crippen molar-refractivity contribution in [2.24, 2.45) is 0 Å². The van der Waals surface area contributed by atoms with Crippen molar-refractivity contribution < 1.29 is 0 Å². The first-order valence-electron chi connectivity index (χ1n) is 10.0. The van der Waals surface area contributed by atoms with Crippen LogP contribution >= 0.6 is 17.2 Å². The predicted molar refractivity (Wildman–Crippen MR) is 123 cm³/mol. The fraction of sp³-hybridized carbons (Fsp3) is 0.500. The Morgan fingerprint density at radius 3 is 1.42 bits per heavy atom. The maximum absolute atomic E-state index is 2.42. The Balaban J connectivity index is 1.95. The van der Waals surface area contributed by atoms with Gasteiger partial charge in [0.15, 0.2) is 0 Å². The van der Waals surface area contributed by atoms with E-state index in [4.69, 9.17) is 0 Å². The summed E-state index contributed by atoms with van der Waals surface area (Å²) in [5.74, 6) is 0. The van der Waals surface area contributed by atoms with Gasteiger partial charge in [0.2, 0.25) is 0 Å². The number of hydrogen-bond acceptors (Lipinski definition) is 0. The summed E-state index contributed by atoms with van der Waals surface area (Å²) >= 11 is 0. The highest BCUT2D eigenvalue weighted by atomic mass is 31.1. The summed E-state index contributed by atoms with van der Waals surface area (Å²) < 4.78 is 0. The molecule has 0 radical (unpaired) electrons. The molecule has 1 saturated carbocycles. The summed E-state index contributed by atoms with van der Waals surface area (Å²) in [6.45, 7) is 13.7. The Morgan fingerprint density at radius 1 is 0.577 bits per heavy atom. The molecule has 0 heterocycles. The number of rotatable bonds is 4. The Hall–Kier alpha value is -0.700. The molecule has 2 unspecified atom stereocenters. The molecule has 2 atom stereocenters. The third-order valence-electron chi connectivity index (χ3n) is 6.57. The molecule has 1 aliphatic carbocycles. The molecule has 26 heavy (non-hydrogen) atoms.